The van der Waals surface area contributed by atoms with Gasteiger partial charge in [-0.25, -0.2) is 4.79 Å². The summed E-state index contributed by atoms with van der Waals surface area (Å²) in [6.45, 7) is 18.2. The van der Waals surface area contributed by atoms with Crippen LogP contribution in [0, 0.1) is 5.92 Å². The van der Waals surface area contributed by atoms with Crippen molar-refractivity contribution in [3.05, 3.63) is 0 Å². The quantitative estimate of drug-likeness (QED) is 0.322. The van der Waals surface area contributed by atoms with Crippen molar-refractivity contribution >= 4 is 36.0 Å². The van der Waals surface area contributed by atoms with Crippen molar-refractivity contribution in [2.45, 2.75) is 52.2 Å². The van der Waals surface area contributed by atoms with Gasteiger partial charge in [-0.05, 0) is 46.5 Å². The largest absolute Gasteiger partial charge is 0.444 e. The predicted octanol–water partition coefficient (Wildman–Crippen LogP) is 2.15. The molecule has 0 spiro atoms. The Morgan fingerprint density at radius 2 is 1.77 bits per heavy atom. The Morgan fingerprint density at radius 1 is 1.13 bits per heavy atom. The summed E-state index contributed by atoms with van der Waals surface area (Å²) in [7, 11) is 1.88. The molecule has 4 rings (SSSR count). The van der Waals surface area contributed by atoms with Crippen LogP contribution in [0.25, 0.3) is 0 Å². The summed E-state index contributed by atoms with van der Waals surface area (Å²) in [5.74, 6) is 1.53. The predicted molar refractivity (Wildman–Crippen MR) is 136 cm³/mol. The van der Waals surface area contributed by atoms with E-state index in [9.17, 15) is 4.79 Å². The Morgan fingerprint density at radius 3 is 2.26 bits per heavy atom. The molecule has 4 saturated heterocycles. The monoisotopic (exact) mass is 550 g/mol. The van der Waals surface area contributed by atoms with Crippen LogP contribution in [0.2, 0.25) is 0 Å². The van der Waals surface area contributed by atoms with Crippen LogP contribution in [0.4, 0.5) is 4.79 Å². The number of ether oxygens (including phenoxy) is 1. The minimum absolute atomic E-state index is 0. The number of piperazine rings is 3. The van der Waals surface area contributed by atoms with Crippen molar-refractivity contribution in [2.75, 3.05) is 72.5 Å². The van der Waals surface area contributed by atoms with E-state index < -0.39 is 5.60 Å². The molecule has 1 amide bonds. The van der Waals surface area contributed by atoms with Crippen LogP contribution in [0.1, 0.15) is 40.5 Å². The number of nitrogens with zero attached hydrogens (tertiary/aromatic N) is 5. The number of hydrogen-bond acceptors (Lipinski definition) is 5. The van der Waals surface area contributed by atoms with Gasteiger partial charge in [0.05, 0.1) is 0 Å². The van der Waals surface area contributed by atoms with Gasteiger partial charge in [-0.1, -0.05) is 0 Å². The summed E-state index contributed by atoms with van der Waals surface area (Å²) >= 11 is 0. The minimum atomic E-state index is -0.447. The number of guanidine groups is 1. The third-order valence-electron chi connectivity index (χ3n) is 6.53. The second-order valence-electron chi connectivity index (χ2n) is 9.87. The van der Waals surface area contributed by atoms with E-state index in [0.29, 0.717) is 18.5 Å². The topological polar surface area (TPSA) is 63.7 Å². The molecule has 4 heterocycles. The zero-order valence-electron chi connectivity index (χ0n) is 20.1. The fraction of sp³-hybridized carbons (Fsp3) is 0.909. The maximum absolute atomic E-state index is 12.4. The molecule has 1 unspecified atom stereocenters. The Balaban J connectivity index is 0.00000341. The summed E-state index contributed by atoms with van der Waals surface area (Å²) in [4.78, 5) is 26.4. The van der Waals surface area contributed by atoms with Gasteiger partial charge < -0.3 is 19.9 Å². The van der Waals surface area contributed by atoms with Crippen LogP contribution in [0.3, 0.4) is 0 Å². The standard InChI is InChI=1S/C22H42N6O2.HI/c1-6-26(21(29)30-22(2,3)4)16-18-7-9-28(10-8-18)20(23-5)24-15-19-17-25-11-13-27(19)14-12-25;/h18-19H,6-17H2,1-5H3,(H,23,24);1H. The first-order valence-corrected chi connectivity index (χ1v) is 11.7. The SMILES string of the molecule is CCN(CC1CCN(C(=NC)NCC2CN3CCN2CC3)CC1)C(=O)OC(C)(C)C.I. The maximum Gasteiger partial charge on any atom is 0.410 e. The summed E-state index contributed by atoms with van der Waals surface area (Å²) < 4.78 is 5.56. The van der Waals surface area contributed by atoms with E-state index in [2.05, 4.69) is 25.0 Å². The van der Waals surface area contributed by atoms with Crippen LogP contribution in [-0.4, -0.2) is 116 Å². The first kappa shape index (κ1) is 26.4. The molecule has 1 atom stereocenters. The Kier molecular flexibility index (Phi) is 10.1. The molecule has 0 aliphatic carbocycles. The average Bonchev–Trinajstić information content (AvgIpc) is 2.73. The lowest BCUT2D eigenvalue weighted by molar-refractivity contribution is 0.0150. The van der Waals surface area contributed by atoms with E-state index in [1.807, 2.05) is 39.6 Å². The number of carbonyl (C=O) groups excluding carboxylic acids is 1. The zero-order valence-corrected chi connectivity index (χ0v) is 22.4. The highest BCUT2D eigenvalue weighted by Crippen LogP contribution is 2.20. The Labute approximate surface area is 205 Å². The van der Waals surface area contributed by atoms with Gasteiger partial charge >= 0.3 is 6.09 Å². The van der Waals surface area contributed by atoms with Gasteiger partial charge in [-0.2, -0.15) is 0 Å². The minimum Gasteiger partial charge on any atom is -0.444 e. The normalized spacial score (nSPS) is 26.9. The van der Waals surface area contributed by atoms with Gasteiger partial charge in [0, 0.05) is 78.5 Å². The van der Waals surface area contributed by atoms with Gasteiger partial charge in [0.2, 0.25) is 0 Å². The van der Waals surface area contributed by atoms with Gasteiger partial charge in [-0.15, -0.1) is 24.0 Å². The molecular formula is C22H43IN6O2. The number of halogens is 1. The highest BCUT2D eigenvalue weighted by atomic mass is 127. The average molecular weight is 551 g/mol. The molecule has 1 N–H and O–H groups in total. The number of likely N-dealkylation sites (tertiary alicyclic amines) is 1. The van der Waals surface area contributed by atoms with Gasteiger partial charge in [0.25, 0.3) is 0 Å². The molecule has 4 fully saturated rings. The zero-order chi connectivity index (χ0) is 21.7. The van der Waals surface area contributed by atoms with E-state index >= 15 is 0 Å². The third-order valence-corrected chi connectivity index (χ3v) is 6.53. The second-order valence-corrected chi connectivity index (χ2v) is 9.87. The molecule has 2 bridgehead atoms. The lowest BCUT2D eigenvalue weighted by Crippen LogP contribution is -2.64. The molecule has 31 heavy (non-hydrogen) atoms. The number of hydrogen-bond donors (Lipinski definition) is 1. The Hall–Kier alpha value is -0.810. The smallest absolute Gasteiger partial charge is 0.410 e. The first-order valence-electron chi connectivity index (χ1n) is 11.7. The van der Waals surface area contributed by atoms with E-state index in [1.54, 1.807) is 0 Å². The molecule has 0 aromatic rings. The molecule has 4 aliphatic heterocycles. The summed E-state index contributed by atoms with van der Waals surface area (Å²) in [5.41, 5.74) is -0.447. The maximum atomic E-state index is 12.4. The number of piperidine rings is 1. The number of rotatable bonds is 5. The molecule has 0 saturated carbocycles. The van der Waals surface area contributed by atoms with Gasteiger partial charge in [-0.3, -0.25) is 14.8 Å². The molecule has 4 aliphatic rings. The van der Waals surface area contributed by atoms with E-state index in [-0.39, 0.29) is 30.1 Å². The number of fused-ring (bicyclic) bond motifs is 3. The molecule has 0 radical (unpaired) electrons. The van der Waals surface area contributed by atoms with Crippen molar-refractivity contribution in [2.24, 2.45) is 10.9 Å². The van der Waals surface area contributed by atoms with Crippen LogP contribution < -0.4 is 5.32 Å². The van der Waals surface area contributed by atoms with Crippen LogP contribution in [-0.2, 0) is 4.74 Å². The third kappa shape index (κ3) is 7.63. The number of carbonyl (C=O) groups is 1. The molecular weight excluding hydrogens is 507 g/mol. The fourth-order valence-electron chi connectivity index (χ4n) is 4.76. The molecule has 8 nitrogen and oxygen atoms in total. The lowest BCUT2D eigenvalue weighted by atomic mass is 9.96. The molecule has 9 heteroatoms. The van der Waals surface area contributed by atoms with Gasteiger partial charge in [0.1, 0.15) is 5.60 Å². The first-order chi connectivity index (χ1) is 14.3. The molecule has 180 valence electrons. The number of nitrogens with one attached hydrogen (secondary N) is 1. The fourth-order valence-corrected chi connectivity index (χ4v) is 4.76. The lowest BCUT2D eigenvalue weighted by Gasteiger charge is -2.47. The van der Waals surface area contributed by atoms with Crippen molar-refractivity contribution in [3.63, 3.8) is 0 Å². The summed E-state index contributed by atoms with van der Waals surface area (Å²) in [6.07, 6.45) is 1.95. The van der Waals surface area contributed by atoms with Crippen molar-refractivity contribution < 1.29 is 9.53 Å². The Bertz CT molecular complexity index is 595. The van der Waals surface area contributed by atoms with Gasteiger partial charge in [0.15, 0.2) is 5.96 Å². The summed E-state index contributed by atoms with van der Waals surface area (Å²) in [5, 5.41) is 3.63. The number of aliphatic imine (C=N–C) groups is 1. The van der Waals surface area contributed by atoms with Crippen molar-refractivity contribution in [1.82, 2.24) is 24.9 Å². The highest BCUT2D eigenvalue weighted by Gasteiger charge is 2.32. The highest BCUT2D eigenvalue weighted by molar-refractivity contribution is 14.0. The summed E-state index contributed by atoms with van der Waals surface area (Å²) in [6, 6.07) is 0.591. The molecule has 0 aromatic carbocycles. The molecule has 0 aromatic heterocycles. The van der Waals surface area contributed by atoms with Crippen LogP contribution in [0.5, 0.6) is 0 Å². The van der Waals surface area contributed by atoms with Crippen molar-refractivity contribution in [1.29, 1.82) is 0 Å². The second kappa shape index (κ2) is 11.9. The van der Waals surface area contributed by atoms with Crippen LogP contribution >= 0.6 is 24.0 Å². The van der Waals surface area contributed by atoms with E-state index in [1.165, 1.54) is 32.7 Å². The van der Waals surface area contributed by atoms with Crippen LogP contribution in [0.15, 0.2) is 4.99 Å². The number of amides is 1. The van der Waals surface area contributed by atoms with E-state index in [0.717, 1.165) is 45.0 Å². The van der Waals surface area contributed by atoms with E-state index in [4.69, 9.17) is 4.74 Å². The van der Waals surface area contributed by atoms with Crippen molar-refractivity contribution in [3.8, 4) is 0 Å².